The molecule has 0 aliphatic carbocycles. The summed E-state index contributed by atoms with van der Waals surface area (Å²) in [6.07, 6.45) is 1.55. The van der Waals surface area contributed by atoms with Crippen LogP contribution < -0.4 is 5.43 Å². The lowest BCUT2D eigenvalue weighted by Crippen LogP contribution is -2.19. The van der Waals surface area contributed by atoms with Gasteiger partial charge in [-0.25, -0.2) is 10.4 Å². The van der Waals surface area contributed by atoms with Gasteiger partial charge in [0.25, 0.3) is 5.91 Å². The van der Waals surface area contributed by atoms with E-state index in [4.69, 9.17) is 11.6 Å². The molecule has 0 unspecified atom stereocenters. The van der Waals surface area contributed by atoms with E-state index < -0.39 is 0 Å². The molecule has 0 fully saturated rings. The maximum atomic E-state index is 11.8. The highest BCUT2D eigenvalue weighted by atomic mass is 35.5. The number of fused-ring (bicyclic) bond motifs is 1. The van der Waals surface area contributed by atoms with Crippen LogP contribution in [-0.4, -0.2) is 27.8 Å². The Bertz CT molecular complexity index is 829. The highest BCUT2D eigenvalue weighted by Gasteiger charge is 2.06. The Kier molecular flexibility index (Phi) is 4.95. The summed E-state index contributed by atoms with van der Waals surface area (Å²) < 4.78 is 0. The number of amides is 1. The Hall–Kier alpha value is -2.31. The van der Waals surface area contributed by atoms with Gasteiger partial charge in [0.1, 0.15) is 0 Å². The minimum absolute atomic E-state index is 0.200. The first-order valence-corrected chi connectivity index (χ1v) is 8.22. The normalized spacial score (nSPS) is 11.2. The van der Waals surface area contributed by atoms with Gasteiger partial charge in [0.15, 0.2) is 5.16 Å². The molecule has 2 N–H and O–H groups in total. The number of halogens is 1. The molecule has 1 amide bonds. The molecule has 1 heterocycles. The lowest BCUT2D eigenvalue weighted by Gasteiger charge is -1.98. The standard InChI is InChI=1S/C16H13ClN4OS/c17-12-5-3-4-11(8-12)9-18-21-15(22)10-23-16-19-13-6-1-2-7-14(13)20-16/h1-9H,10H2,(H,19,20)(H,21,22)/b18-9+. The number of thioether (sulfide) groups is 1. The minimum atomic E-state index is -0.200. The van der Waals surface area contributed by atoms with Gasteiger partial charge >= 0.3 is 0 Å². The first-order chi connectivity index (χ1) is 11.2. The molecule has 0 aliphatic heterocycles. The van der Waals surface area contributed by atoms with E-state index in [1.54, 1.807) is 18.3 Å². The number of H-pyrrole nitrogens is 1. The molecule has 2 aromatic carbocycles. The van der Waals surface area contributed by atoms with Gasteiger partial charge in [-0.15, -0.1) is 0 Å². The Labute approximate surface area is 142 Å². The van der Waals surface area contributed by atoms with E-state index >= 15 is 0 Å². The summed E-state index contributed by atoms with van der Waals surface area (Å²) >= 11 is 7.20. The summed E-state index contributed by atoms with van der Waals surface area (Å²) in [7, 11) is 0. The quantitative estimate of drug-likeness (QED) is 0.423. The number of rotatable bonds is 5. The minimum Gasteiger partial charge on any atom is -0.333 e. The summed E-state index contributed by atoms with van der Waals surface area (Å²) in [5.74, 6) is 0.0286. The number of nitrogens with one attached hydrogen (secondary N) is 2. The zero-order valence-corrected chi connectivity index (χ0v) is 13.6. The van der Waals surface area contributed by atoms with Gasteiger partial charge in [0, 0.05) is 5.02 Å². The van der Waals surface area contributed by atoms with Gasteiger partial charge in [0.2, 0.25) is 0 Å². The number of para-hydroxylation sites is 2. The third-order valence-electron chi connectivity index (χ3n) is 2.96. The zero-order chi connectivity index (χ0) is 16.1. The third kappa shape index (κ3) is 4.34. The third-order valence-corrected chi connectivity index (χ3v) is 4.07. The topological polar surface area (TPSA) is 70.1 Å². The highest BCUT2D eigenvalue weighted by Crippen LogP contribution is 2.18. The molecule has 116 valence electrons. The van der Waals surface area contributed by atoms with E-state index in [1.165, 1.54) is 11.8 Å². The number of hydrazone groups is 1. The van der Waals surface area contributed by atoms with Crippen LogP contribution in [0.3, 0.4) is 0 Å². The van der Waals surface area contributed by atoms with Crippen molar-refractivity contribution in [1.82, 2.24) is 15.4 Å². The fourth-order valence-corrected chi connectivity index (χ4v) is 2.81. The fourth-order valence-electron chi connectivity index (χ4n) is 1.93. The molecule has 0 spiro atoms. The maximum Gasteiger partial charge on any atom is 0.250 e. The molecule has 7 heteroatoms. The number of benzene rings is 2. The largest absolute Gasteiger partial charge is 0.333 e. The predicted octanol–water partition coefficient (Wildman–Crippen LogP) is 3.46. The lowest BCUT2D eigenvalue weighted by atomic mass is 10.2. The summed E-state index contributed by atoms with van der Waals surface area (Å²) in [4.78, 5) is 19.3. The average Bonchev–Trinajstić information content (AvgIpc) is 2.96. The summed E-state index contributed by atoms with van der Waals surface area (Å²) in [5, 5.41) is 5.24. The number of imidazole rings is 1. The molecule has 5 nitrogen and oxygen atoms in total. The summed E-state index contributed by atoms with van der Waals surface area (Å²) in [5.41, 5.74) is 5.14. The lowest BCUT2D eigenvalue weighted by molar-refractivity contribution is -0.118. The summed E-state index contributed by atoms with van der Waals surface area (Å²) in [6.45, 7) is 0. The van der Waals surface area contributed by atoms with Crippen LogP contribution in [0.15, 0.2) is 58.8 Å². The van der Waals surface area contributed by atoms with Gasteiger partial charge in [0.05, 0.1) is 23.0 Å². The Morgan fingerprint density at radius 2 is 2.17 bits per heavy atom. The number of nitrogens with zero attached hydrogens (tertiary/aromatic N) is 2. The number of hydrogen-bond acceptors (Lipinski definition) is 4. The molecule has 23 heavy (non-hydrogen) atoms. The second-order valence-electron chi connectivity index (χ2n) is 4.70. The van der Waals surface area contributed by atoms with Crippen LogP contribution in [-0.2, 0) is 4.79 Å². The molecule has 0 bridgehead atoms. The van der Waals surface area contributed by atoms with E-state index in [2.05, 4.69) is 20.5 Å². The van der Waals surface area contributed by atoms with Crippen molar-refractivity contribution in [2.75, 3.05) is 5.75 Å². The molecule has 0 saturated carbocycles. The van der Waals surface area contributed by atoms with E-state index in [0.717, 1.165) is 16.6 Å². The molecule has 3 rings (SSSR count). The van der Waals surface area contributed by atoms with Crippen LogP contribution in [0.1, 0.15) is 5.56 Å². The second-order valence-corrected chi connectivity index (χ2v) is 6.10. The maximum absolute atomic E-state index is 11.8. The van der Waals surface area contributed by atoms with E-state index in [0.29, 0.717) is 10.2 Å². The SMILES string of the molecule is O=C(CSc1nc2ccccc2[nH]1)N/N=C/c1cccc(Cl)c1. The van der Waals surface area contributed by atoms with Crippen LogP contribution in [0.25, 0.3) is 11.0 Å². The molecule has 0 saturated heterocycles. The van der Waals surface area contributed by atoms with Gasteiger partial charge in [-0.2, -0.15) is 5.10 Å². The molecule has 1 aromatic heterocycles. The molecular weight excluding hydrogens is 332 g/mol. The van der Waals surface area contributed by atoms with Gasteiger partial charge in [-0.3, -0.25) is 4.79 Å². The predicted molar refractivity (Wildman–Crippen MR) is 94.0 cm³/mol. The smallest absolute Gasteiger partial charge is 0.250 e. The molecule has 3 aromatic rings. The van der Waals surface area contributed by atoms with Crippen molar-refractivity contribution in [3.05, 3.63) is 59.1 Å². The highest BCUT2D eigenvalue weighted by molar-refractivity contribution is 7.99. The van der Waals surface area contributed by atoms with Crippen molar-refractivity contribution < 1.29 is 4.79 Å². The number of aromatic nitrogens is 2. The van der Waals surface area contributed by atoms with Crippen molar-refractivity contribution in [2.24, 2.45) is 5.10 Å². The van der Waals surface area contributed by atoms with E-state index in [9.17, 15) is 4.79 Å². The Balaban J connectivity index is 1.51. The summed E-state index contributed by atoms with van der Waals surface area (Å²) in [6, 6.07) is 14.9. The van der Waals surface area contributed by atoms with E-state index in [-0.39, 0.29) is 11.7 Å². The van der Waals surface area contributed by atoms with E-state index in [1.807, 2.05) is 36.4 Å². The zero-order valence-electron chi connectivity index (χ0n) is 12.0. The van der Waals surface area contributed by atoms with Crippen molar-refractivity contribution in [3.8, 4) is 0 Å². The van der Waals surface area contributed by atoms with Crippen LogP contribution in [0.5, 0.6) is 0 Å². The van der Waals surface area contributed by atoms with Crippen molar-refractivity contribution in [1.29, 1.82) is 0 Å². The van der Waals surface area contributed by atoms with Crippen LogP contribution in [0, 0.1) is 0 Å². The van der Waals surface area contributed by atoms with Crippen molar-refractivity contribution in [2.45, 2.75) is 5.16 Å². The van der Waals surface area contributed by atoms with Crippen molar-refractivity contribution >= 4 is 46.5 Å². The van der Waals surface area contributed by atoms with Crippen LogP contribution in [0.4, 0.5) is 0 Å². The molecule has 0 radical (unpaired) electrons. The second kappa shape index (κ2) is 7.30. The molecular formula is C16H13ClN4OS. The van der Waals surface area contributed by atoms with Crippen LogP contribution >= 0.6 is 23.4 Å². The average molecular weight is 345 g/mol. The van der Waals surface area contributed by atoms with Gasteiger partial charge in [-0.1, -0.05) is 47.6 Å². The first kappa shape index (κ1) is 15.6. The molecule has 0 atom stereocenters. The fraction of sp³-hybridized carbons (Fsp3) is 0.0625. The van der Waals surface area contributed by atoms with Gasteiger partial charge < -0.3 is 4.98 Å². The number of carbonyl (C=O) groups is 1. The molecule has 0 aliphatic rings. The Morgan fingerprint density at radius 1 is 1.30 bits per heavy atom. The van der Waals surface area contributed by atoms with Gasteiger partial charge in [-0.05, 0) is 29.8 Å². The first-order valence-electron chi connectivity index (χ1n) is 6.86. The number of carbonyl (C=O) groups excluding carboxylic acids is 1. The van der Waals surface area contributed by atoms with Crippen molar-refractivity contribution in [3.63, 3.8) is 0 Å². The Morgan fingerprint density at radius 3 is 3.00 bits per heavy atom. The number of aromatic amines is 1. The number of hydrogen-bond donors (Lipinski definition) is 2. The monoisotopic (exact) mass is 344 g/mol. The van der Waals surface area contributed by atoms with Crippen LogP contribution in [0.2, 0.25) is 5.02 Å².